The van der Waals surface area contributed by atoms with E-state index in [2.05, 4.69) is 55.8 Å². The minimum atomic E-state index is 0.134. The molecule has 0 saturated carbocycles. The third kappa shape index (κ3) is 5.62. The van der Waals surface area contributed by atoms with E-state index in [0.717, 1.165) is 15.5 Å². The van der Waals surface area contributed by atoms with E-state index in [1.807, 2.05) is 6.07 Å². The molecule has 0 aliphatic carbocycles. The summed E-state index contributed by atoms with van der Waals surface area (Å²) in [4.78, 5) is 2.34. The monoisotopic (exact) mass is 422 g/mol. The van der Waals surface area contributed by atoms with Gasteiger partial charge in [0.15, 0.2) is 0 Å². The first-order valence-electron chi connectivity index (χ1n) is 6.93. The molecule has 0 aliphatic rings. The van der Waals surface area contributed by atoms with Gasteiger partial charge in [-0.3, -0.25) is 4.90 Å². The molecule has 1 aromatic carbocycles. The van der Waals surface area contributed by atoms with Gasteiger partial charge in [0.25, 0.3) is 0 Å². The number of benzene rings is 1. The van der Waals surface area contributed by atoms with Crippen molar-refractivity contribution in [3.05, 3.63) is 32.7 Å². The average molecular weight is 424 g/mol. The largest absolute Gasteiger partial charge is 0.383 e. The van der Waals surface area contributed by atoms with Crippen molar-refractivity contribution in [2.45, 2.75) is 19.0 Å². The Labute approximate surface area is 144 Å². The van der Waals surface area contributed by atoms with Gasteiger partial charge in [0.1, 0.15) is 0 Å². The molecule has 1 aromatic rings. The van der Waals surface area contributed by atoms with E-state index in [-0.39, 0.29) is 12.1 Å². The Balaban J connectivity index is 3.00. The molecule has 6 heteroatoms. The van der Waals surface area contributed by atoms with Crippen molar-refractivity contribution in [1.82, 2.24) is 4.90 Å². The van der Waals surface area contributed by atoms with Crippen LogP contribution in [-0.2, 0) is 9.47 Å². The summed E-state index contributed by atoms with van der Waals surface area (Å²) in [7, 11) is 3.44. The van der Waals surface area contributed by atoms with Crippen LogP contribution in [0.5, 0.6) is 0 Å². The first kappa shape index (κ1) is 19.1. The highest BCUT2D eigenvalue weighted by Crippen LogP contribution is 2.29. The number of nitrogens with zero attached hydrogens (tertiary/aromatic N) is 1. The van der Waals surface area contributed by atoms with Gasteiger partial charge in [-0.2, -0.15) is 0 Å². The second-order valence-electron chi connectivity index (χ2n) is 4.96. The Morgan fingerprint density at radius 1 is 1.19 bits per heavy atom. The lowest BCUT2D eigenvalue weighted by Crippen LogP contribution is -2.43. The van der Waals surface area contributed by atoms with E-state index < -0.39 is 0 Å². The van der Waals surface area contributed by atoms with E-state index in [1.54, 1.807) is 14.2 Å². The summed E-state index contributed by atoms with van der Waals surface area (Å²) >= 11 is 7.06. The summed E-state index contributed by atoms with van der Waals surface area (Å²) in [5.41, 5.74) is 7.24. The van der Waals surface area contributed by atoms with E-state index >= 15 is 0 Å². The molecular weight excluding hydrogens is 400 g/mol. The van der Waals surface area contributed by atoms with Crippen LogP contribution < -0.4 is 5.73 Å². The van der Waals surface area contributed by atoms with E-state index in [4.69, 9.17) is 15.2 Å². The summed E-state index contributed by atoms with van der Waals surface area (Å²) in [5, 5.41) is 0. The van der Waals surface area contributed by atoms with Crippen molar-refractivity contribution < 1.29 is 9.47 Å². The van der Waals surface area contributed by atoms with Crippen LogP contribution in [0, 0.1) is 0 Å². The smallest absolute Gasteiger partial charge is 0.0615 e. The topological polar surface area (TPSA) is 47.7 Å². The molecule has 0 heterocycles. The fraction of sp³-hybridized carbons (Fsp3) is 0.600. The van der Waals surface area contributed by atoms with Gasteiger partial charge >= 0.3 is 0 Å². The number of hydrogen-bond donors (Lipinski definition) is 1. The SMILES string of the molecule is COCCN(C(C)COC)C(CN)c1ccc(Br)c(Br)c1. The number of hydrogen-bond acceptors (Lipinski definition) is 4. The Bertz CT molecular complexity index is 432. The van der Waals surface area contributed by atoms with Gasteiger partial charge < -0.3 is 15.2 Å². The molecular formula is C15H24Br2N2O2. The van der Waals surface area contributed by atoms with Gasteiger partial charge in [0.05, 0.1) is 13.2 Å². The van der Waals surface area contributed by atoms with Gasteiger partial charge in [0, 0.05) is 48.3 Å². The molecule has 2 unspecified atom stereocenters. The fourth-order valence-corrected chi connectivity index (χ4v) is 3.04. The molecule has 0 amide bonds. The van der Waals surface area contributed by atoms with Gasteiger partial charge in [-0.15, -0.1) is 0 Å². The first-order valence-corrected chi connectivity index (χ1v) is 8.52. The van der Waals surface area contributed by atoms with Crippen LogP contribution >= 0.6 is 31.9 Å². The van der Waals surface area contributed by atoms with Crippen molar-refractivity contribution >= 4 is 31.9 Å². The highest BCUT2D eigenvalue weighted by Gasteiger charge is 2.24. The van der Waals surface area contributed by atoms with Crippen LogP contribution in [-0.4, -0.2) is 51.5 Å². The zero-order valence-corrected chi connectivity index (χ0v) is 16.0. The first-order chi connectivity index (χ1) is 10.0. The van der Waals surface area contributed by atoms with Crippen LogP contribution in [0.3, 0.4) is 0 Å². The number of rotatable bonds is 9. The molecule has 0 aliphatic heterocycles. The average Bonchev–Trinajstić information content (AvgIpc) is 2.47. The van der Waals surface area contributed by atoms with Crippen molar-refractivity contribution in [2.75, 3.05) is 40.5 Å². The Hall–Kier alpha value is 0.0200. The summed E-state index contributed by atoms with van der Waals surface area (Å²) in [6.45, 7) is 4.85. The fourth-order valence-electron chi connectivity index (χ4n) is 2.40. The third-order valence-electron chi connectivity index (χ3n) is 3.48. The van der Waals surface area contributed by atoms with Crippen LogP contribution in [0.25, 0.3) is 0 Å². The zero-order chi connectivity index (χ0) is 15.8. The van der Waals surface area contributed by atoms with E-state index in [1.165, 1.54) is 5.56 Å². The highest BCUT2D eigenvalue weighted by atomic mass is 79.9. The molecule has 0 spiro atoms. The van der Waals surface area contributed by atoms with Crippen LogP contribution in [0.1, 0.15) is 18.5 Å². The van der Waals surface area contributed by atoms with Crippen molar-refractivity contribution in [1.29, 1.82) is 0 Å². The summed E-state index contributed by atoms with van der Waals surface area (Å²) < 4.78 is 12.6. The minimum Gasteiger partial charge on any atom is -0.383 e. The molecule has 0 radical (unpaired) electrons. The van der Waals surface area contributed by atoms with Gasteiger partial charge in [-0.25, -0.2) is 0 Å². The van der Waals surface area contributed by atoms with E-state index in [9.17, 15) is 0 Å². The van der Waals surface area contributed by atoms with Gasteiger partial charge in [-0.05, 0) is 56.5 Å². The number of nitrogens with two attached hydrogens (primary N) is 1. The molecule has 0 bridgehead atoms. The van der Waals surface area contributed by atoms with Crippen molar-refractivity contribution in [3.63, 3.8) is 0 Å². The van der Waals surface area contributed by atoms with Gasteiger partial charge in [0.2, 0.25) is 0 Å². The van der Waals surface area contributed by atoms with Crippen LogP contribution in [0.15, 0.2) is 27.1 Å². The lowest BCUT2D eigenvalue weighted by atomic mass is 10.0. The predicted octanol–water partition coefficient (Wildman–Crippen LogP) is 3.19. The normalized spacial score (nSPS) is 14.4. The lowest BCUT2D eigenvalue weighted by Gasteiger charge is -2.36. The molecule has 1 rings (SSSR count). The Morgan fingerprint density at radius 3 is 2.43 bits per heavy atom. The number of ether oxygens (including phenoxy) is 2. The van der Waals surface area contributed by atoms with E-state index in [0.29, 0.717) is 19.8 Å². The van der Waals surface area contributed by atoms with Crippen LogP contribution in [0.2, 0.25) is 0 Å². The molecule has 0 fully saturated rings. The van der Waals surface area contributed by atoms with Crippen molar-refractivity contribution in [2.24, 2.45) is 5.73 Å². The number of methoxy groups -OCH3 is 2. The van der Waals surface area contributed by atoms with Crippen molar-refractivity contribution in [3.8, 4) is 0 Å². The summed E-state index contributed by atoms with van der Waals surface area (Å²) in [6, 6.07) is 6.65. The standard InChI is InChI=1S/C15H24Br2N2O2/c1-11(10-21-3)19(6-7-20-2)15(9-18)12-4-5-13(16)14(17)8-12/h4-5,8,11,15H,6-7,9-10,18H2,1-3H3. The molecule has 0 saturated heterocycles. The minimum absolute atomic E-state index is 0.134. The molecule has 21 heavy (non-hydrogen) atoms. The molecule has 4 nitrogen and oxygen atoms in total. The summed E-state index contributed by atoms with van der Waals surface area (Å²) in [5.74, 6) is 0. The zero-order valence-electron chi connectivity index (χ0n) is 12.8. The predicted molar refractivity (Wildman–Crippen MR) is 93.6 cm³/mol. The Kier molecular flexibility index (Phi) is 9.01. The Morgan fingerprint density at radius 2 is 1.90 bits per heavy atom. The molecule has 2 N–H and O–H groups in total. The highest BCUT2D eigenvalue weighted by molar-refractivity contribution is 9.13. The summed E-state index contributed by atoms with van der Waals surface area (Å²) in [6.07, 6.45) is 0. The van der Waals surface area contributed by atoms with Gasteiger partial charge in [-0.1, -0.05) is 6.07 Å². The number of halogens is 2. The third-order valence-corrected chi connectivity index (χ3v) is 5.36. The molecule has 0 aromatic heterocycles. The second-order valence-corrected chi connectivity index (χ2v) is 6.67. The molecule has 2 atom stereocenters. The second kappa shape index (κ2) is 9.92. The maximum atomic E-state index is 6.05. The maximum absolute atomic E-state index is 6.05. The quantitative estimate of drug-likeness (QED) is 0.662. The van der Waals surface area contributed by atoms with Crippen LogP contribution in [0.4, 0.5) is 0 Å². The maximum Gasteiger partial charge on any atom is 0.0615 e. The lowest BCUT2D eigenvalue weighted by molar-refractivity contribution is 0.0486. The molecule has 120 valence electrons.